The van der Waals surface area contributed by atoms with Crippen molar-refractivity contribution in [1.29, 1.82) is 0 Å². The molecule has 0 saturated carbocycles. The Bertz CT molecular complexity index is 1350. The summed E-state index contributed by atoms with van der Waals surface area (Å²) in [6.07, 6.45) is 5.33. The number of aromatic hydroxyl groups is 1. The molecular weight excluding hydrogens is 556 g/mol. The molecule has 10 nitrogen and oxygen atoms in total. The van der Waals surface area contributed by atoms with E-state index < -0.39 is 0 Å². The Hall–Kier alpha value is -4.70. The number of nitrogens with one attached hydrogen (secondary N) is 2. The molecule has 10 heteroatoms. The number of phenols is 1. The Kier molecular flexibility index (Phi) is 12.0. The monoisotopic (exact) mass is 600 g/mol. The third kappa shape index (κ3) is 9.95. The highest BCUT2D eigenvalue weighted by atomic mass is 16.5. The molecule has 1 aliphatic heterocycles. The number of hydrogen-bond donors (Lipinski definition) is 3. The Balaban J connectivity index is 0.000000958. The summed E-state index contributed by atoms with van der Waals surface area (Å²) in [5, 5.41) is 19.0. The van der Waals surface area contributed by atoms with Crippen molar-refractivity contribution in [3.63, 3.8) is 0 Å². The van der Waals surface area contributed by atoms with E-state index in [2.05, 4.69) is 21.1 Å². The molecule has 1 heterocycles. The Labute approximate surface area is 260 Å². The van der Waals surface area contributed by atoms with Gasteiger partial charge in [-0.2, -0.15) is 10.2 Å². The SMILES string of the molecule is C1CCOC1.CN(C)c1ccc(C(=O)N/N=C/c2cc(C(C)(C)C)cc(/C=N/NC(=O)c3ccc(N(C)C)cc3)c2O)cc1. The number of phenolic OH excluding ortho intramolecular Hbond substituents is 1. The Morgan fingerprint density at radius 3 is 1.43 bits per heavy atom. The van der Waals surface area contributed by atoms with E-state index >= 15 is 0 Å². The van der Waals surface area contributed by atoms with E-state index in [0.29, 0.717) is 22.3 Å². The fourth-order valence-electron chi connectivity index (χ4n) is 4.09. The van der Waals surface area contributed by atoms with Gasteiger partial charge in [0, 0.05) is 75.0 Å². The highest BCUT2D eigenvalue weighted by Crippen LogP contribution is 2.29. The van der Waals surface area contributed by atoms with E-state index in [4.69, 9.17) is 4.74 Å². The average molecular weight is 601 g/mol. The average Bonchev–Trinajstić information content (AvgIpc) is 3.59. The van der Waals surface area contributed by atoms with E-state index in [1.54, 1.807) is 36.4 Å². The van der Waals surface area contributed by atoms with Crippen molar-refractivity contribution in [2.24, 2.45) is 10.2 Å². The molecule has 3 aromatic carbocycles. The van der Waals surface area contributed by atoms with Crippen LogP contribution in [0.4, 0.5) is 11.4 Å². The standard InChI is InChI=1S/C30H36N6O3.C4H8O/c1-30(2,3)24-16-22(18-31-33-28(38)20-8-12-25(13-9-20)35(4)5)27(37)23(17-24)19-32-34-29(39)21-10-14-26(15-11-21)36(6)7;1-2-4-5-3-1/h8-19,37H,1-7H3,(H,33,38)(H,34,39);1-4H2/b31-18+,32-19+;. The Morgan fingerprint density at radius 2 is 1.14 bits per heavy atom. The summed E-state index contributed by atoms with van der Waals surface area (Å²) in [7, 11) is 7.70. The predicted molar refractivity (Wildman–Crippen MR) is 179 cm³/mol. The first-order valence-electron chi connectivity index (χ1n) is 14.5. The van der Waals surface area contributed by atoms with E-state index in [9.17, 15) is 14.7 Å². The number of rotatable bonds is 8. The van der Waals surface area contributed by atoms with Crippen LogP contribution in [0, 0.1) is 0 Å². The molecule has 1 saturated heterocycles. The van der Waals surface area contributed by atoms with Gasteiger partial charge in [-0.15, -0.1) is 0 Å². The van der Waals surface area contributed by atoms with Crippen molar-refractivity contribution in [1.82, 2.24) is 10.9 Å². The maximum absolute atomic E-state index is 12.5. The molecule has 0 unspecified atom stereocenters. The molecule has 234 valence electrons. The zero-order valence-electron chi connectivity index (χ0n) is 26.7. The van der Waals surface area contributed by atoms with Gasteiger partial charge in [-0.05, 0) is 84.5 Å². The summed E-state index contributed by atoms with van der Waals surface area (Å²) in [6, 6.07) is 17.9. The third-order valence-corrected chi connectivity index (χ3v) is 6.89. The molecule has 3 N–H and O–H groups in total. The van der Waals surface area contributed by atoms with Crippen LogP contribution in [-0.4, -0.2) is 70.8 Å². The van der Waals surface area contributed by atoms with Gasteiger partial charge in [0.15, 0.2) is 0 Å². The first-order chi connectivity index (χ1) is 20.9. The number of carbonyl (C=O) groups excluding carboxylic acids is 2. The van der Waals surface area contributed by atoms with Crippen LogP contribution in [0.15, 0.2) is 70.9 Å². The number of ether oxygens (including phenoxy) is 1. The largest absolute Gasteiger partial charge is 0.507 e. The fraction of sp³-hybridized carbons (Fsp3) is 0.353. The van der Waals surface area contributed by atoms with Crippen LogP contribution in [0.5, 0.6) is 5.75 Å². The van der Waals surface area contributed by atoms with Crippen molar-refractivity contribution in [3.05, 3.63) is 88.5 Å². The van der Waals surface area contributed by atoms with Gasteiger partial charge in [0.1, 0.15) is 5.75 Å². The van der Waals surface area contributed by atoms with Crippen LogP contribution in [0.2, 0.25) is 0 Å². The minimum absolute atomic E-state index is 0.0790. The summed E-state index contributed by atoms with van der Waals surface area (Å²) >= 11 is 0. The van der Waals surface area contributed by atoms with E-state index in [0.717, 1.165) is 30.2 Å². The normalized spacial score (nSPS) is 13.0. The van der Waals surface area contributed by atoms with E-state index in [1.807, 2.05) is 83.0 Å². The quantitative estimate of drug-likeness (QED) is 0.243. The maximum atomic E-state index is 12.5. The van der Waals surface area contributed by atoms with Crippen LogP contribution < -0.4 is 20.7 Å². The van der Waals surface area contributed by atoms with Gasteiger partial charge in [0.05, 0.1) is 12.4 Å². The molecule has 4 rings (SSSR count). The fourth-order valence-corrected chi connectivity index (χ4v) is 4.09. The number of nitrogens with zero attached hydrogens (tertiary/aromatic N) is 4. The van der Waals surface area contributed by atoms with Crippen molar-refractivity contribution < 1.29 is 19.4 Å². The highest BCUT2D eigenvalue weighted by Gasteiger charge is 2.18. The zero-order valence-corrected chi connectivity index (χ0v) is 26.7. The van der Waals surface area contributed by atoms with Crippen LogP contribution in [0.1, 0.15) is 71.0 Å². The van der Waals surface area contributed by atoms with Crippen LogP contribution in [0.3, 0.4) is 0 Å². The van der Waals surface area contributed by atoms with Crippen molar-refractivity contribution in [2.45, 2.75) is 39.0 Å². The highest BCUT2D eigenvalue weighted by molar-refractivity contribution is 5.97. The molecule has 3 aromatic rings. The lowest BCUT2D eigenvalue weighted by Crippen LogP contribution is -2.18. The second-order valence-electron chi connectivity index (χ2n) is 11.9. The Morgan fingerprint density at radius 1 is 0.750 bits per heavy atom. The van der Waals surface area contributed by atoms with E-state index in [1.165, 1.54) is 25.3 Å². The second-order valence-corrected chi connectivity index (χ2v) is 11.9. The number of hydrogen-bond acceptors (Lipinski definition) is 8. The third-order valence-electron chi connectivity index (χ3n) is 6.89. The molecule has 1 fully saturated rings. The predicted octanol–water partition coefficient (Wildman–Crippen LogP) is 5.15. The number of amides is 2. The number of carbonyl (C=O) groups is 2. The van der Waals surface area contributed by atoms with Crippen molar-refractivity contribution in [2.75, 3.05) is 51.2 Å². The van der Waals surface area contributed by atoms with Gasteiger partial charge in [0.25, 0.3) is 11.8 Å². The van der Waals surface area contributed by atoms with Crippen LogP contribution in [0.25, 0.3) is 0 Å². The van der Waals surface area contributed by atoms with Gasteiger partial charge in [-0.25, -0.2) is 10.9 Å². The molecule has 1 aliphatic rings. The summed E-state index contributed by atoms with van der Waals surface area (Å²) in [5.41, 5.74) is 9.36. The maximum Gasteiger partial charge on any atom is 0.271 e. The van der Waals surface area contributed by atoms with Gasteiger partial charge in [-0.3, -0.25) is 9.59 Å². The van der Waals surface area contributed by atoms with Crippen LogP contribution >= 0.6 is 0 Å². The topological polar surface area (TPSA) is 119 Å². The molecule has 0 aliphatic carbocycles. The van der Waals surface area contributed by atoms with Crippen LogP contribution in [-0.2, 0) is 10.2 Å². The summed E-state index contributed by atoms with van der Waals surface area (Å²) in [6.45, 7) is 8.12. The summed E-state index contributed by atoms with van der Waals surface area (Å²) in [5.74, 6) is -0.818. The first kappa shape index (κ1) is 33.8. The molecule has 0 bridgehead atoms. The van der Waals surface area contributed by atoms with Crippen molar-refractivity contribution >= 4 is 35.6 Å². The van der Waals surface area contributed by atoms with Gasteiger partial charge >= 0.3 is 0 Å². The van der Waals surface area contributed by atoms with Gasteiger partial charge in [-0.1, -0.05) is 20.8 Å². The molecular formula is C34H44N6O4. The molecule has 0 radical (unpaired) electrons. The molecule has 0 aromatic heterocycles. The minimum atomic E-state index is -0.369. The molecule has 0 spiro atoms. The van der Waals surface area contributed by atoms with Crippen molar-refractivity contribution in [3.8, 4) is 5.75 Å². The summed E-state index contributed by atoms with van der Waals surface area (Å²) in [4.78, 5) is 28.9. The number of anilines is 2. The lowest BCUT2D eigenvalue weighted by Gasteiger charge is -2.21. The zero-order chi connectivity index (χ0) is 32.3. The smallest absolute Gasteiger partial charge is 0.271 e. The molecule has 44 heavy (non-hydrogen) atoms. The number of benzene rings is 3. The lowest BCUT2D eigenvalue weighted by molar-refractivity contribution is 0.0947. The van der Waals surface area contributed by atoms with Gasteiger partial charge < -0.3 is 19.6 Å². The minimum Gasteiger partial charge on any atom is -0.507 e. The lowest BCUT2D eigenvalue weighted by atomic mass is 9.85. The first-order valence-corrected chi connectivity index (χ1v) is 14.5. The molecule has 2 amide bonds. The summed E-state index contributed by atoms with van der Waals surface area (Å²) < 4.78 is 4.94. The second kappa shape index (κ2) is 15.7. The van der Waals surface area contributed by atoms with E-state index in [-0.39, 0.29) is 23.0 Å². The number of hydrazone groups is 2. The van der Waals surface area contributed by atoms with Gasteiger partial charge in [0.2, 0.25) is 0 Å². The molecule has 0 atom stereocenters.